The molecule has 6 rings (SSSR count). The lowest BCUT2D eigenvalue weighted by Gasteiger charge is -2.37. The predicted octanol–water partition coefficient (Wildman–Crippen LogP) is 2.56. The highest BCUT2D eigenvalue weighted by Gasteiger charge is 2.74. The van der Waals surface area contributed by atoms with E-state index in [-0.39, 0.29) is 37.4 Å². The van der Waals surface area contributed by atoms with Crippen molar-refractivity contribution in [2.24, 2.45) is 11.8 Å². The molecule has 4 aliphatic rings. The topological polar surface area (TPSA) is 109 Å². The zero-order valence-corrected chi connectivity index (χ0v) is 23.9. The third kappa shape index (κ3) is 4.20. The van der Waals surface area contributed by atoms with Crippen molar-refractivity contribution in [1.29, 1.82) is 0 Å². The van der Waals surface area contributed by atoms with Crippen LogP contribution in [-0.2, 0) is 19.1 Å². The van der Waals surface area contributed by atoms with Gasteiger partial charge in [0.05, 0.1) is 37.8 Å². The Kier molecular flexibility index (Phi) is 7.06. The van der Waals surface area contributed by atoms with Gasteiger partial charge in [-0.3, -0.25) is 14.4 Å². The monoisotopic (exact) mass is 573 g/mol. The fourth-order valence-electron chi connectivity index (χ4n) is 6.98. The lowest BCUT2D eigenvalue weighted by Crippen LogP contribution is -2.56. The van der Waals surface area contributed by atoms with Gasteiger partial charge in [0.2, 0.25) is 11.8 Å². The van der Waals surface area contributed by atoms with E-state index in [2.05, 4.69) is 0 Å². The number of aliphatic hydroxyl groups excluding tert-OH is 1. The van der Waals surface area contributed by atoms with Gasteiger partial charge in [-0.15, -0.1) is 0 Å². The summed E-state index contributed by atoms with van der Waals surface area (Å²) < 4.78 is 17.7. The summed E-state index contributed by atoms with van der Waals surface area (Å²) >= 11 is 0. The van der Waals surface area contributed by atoms with Gasteiger partial charge in [0.25, 0.3) is 5.91 Å². The first kappa shape index (κ1) is 28.0. The molecule has 220 valence electrons. The van der Waals surface area contributed by atoms with Crippen LogP contribution in [0.1, 0.15) is 13.8 Å². The summed E-state index contributed by atoms with van der Waals surface area (Å²) in [7, 11) is 1.57. The van der Waals surface area contributed by atoms with Gasteiger partial charge >= 0.3 is 0 Å². The smallest absolute Gasteiger partial charge is 0.253 e. The van der Waals surface area contributed by atoms with Crippen molar-refractivity contribution in [3.8, 4) is 11.5 Å². The lowest BCUT2D eigenvalue weighted by molar-refractivity contribution is -0.144. The molecule has 2 fully saturated rings. The van der Waals surface area contributed by atoms with Crippen LogP contribution in [0.2, 0.25) is 0 Å². The highest BCUT2D eigenvalue weighted by molar-refractivity contribution is 6.07. The maximum absolute atomic E-state index is 14.4. The van der Waals surface area contributed by atoms with E-state index in [1.165, 1.54) is 4.90 Å². The standard InChI is InChI=1S/C32H35N3O7/c1-4-41-24-13-9-21(10-14-24)33-17-5-15-31(2)25(28(33)37)26-29(38)35(19-20-36)27-30(39)34(18-6-16-32(26,27)42-31)22-7-11-23(40-3)12-8-22/h5-16,25-27,36H,4,17-20H2,1-3H3/t25-,26-,27?,31+,32-/m0/s1. The number of hydrogen-bond donors (Lipinski definition) is 1. The summed E-state index contributed by atoms with van der Waals surface area (Å²) in [5, 5.41) is 9.94. The SMILES string of the molecule is CCOc1ccc(N2CC=C[C@@]3(C)O[C@]45C=CCN(c6ccc(OC)cc6)C(=O)C4N(CCO)C(=O)[C@@H]5[C@H]3C2=O)cc1. The number of methoxy groups -OCH3 is 1. The molecule has 4 heterocycles. The molecule has 2 aromatic carbocycles. The van der Waals surface area contributed by atoms with Gasteiger partial charge in [-0.2, -0.15) is 0 Å². The van der Waals surface area contributed by atoms with E-state index >= 15 is 0 Å². The summed E-state index contributed by atoms with van der Waals surface area (Å²) in [6, 6.07) is 13.3. The van der Waals surface area contributed by atoms with Crippen LogP contribution >= 0.6 is 0 Å². The van der Waals surface area contributed by atoms with Crippen molar-refractivity contribution in [3.63, 3.8) is 0 Å². The third-order valence-electron chi connectivity index (χ3n) is 8.74. The first-order chi connectivity index (χ1) is 20.3. The molecular formula is C32H35N3O7. The van der Waals surface area contributed by atoms with Gasteiger partial charge in [0.15, 0.2) is 0 Å². The Balaban J connectivity index is 1.41. The normalized spacial score (nSPS) is 30.1. The average molecular weight is 574 g/mol. The molecule has 0 aliphatic carbocycles. The van der Waals surface area contributed by atoms with Crippen LogP contribution in [-0.4, -0.2) is 84.9 Å². The van der Waals surface area contributed by atoms with Crippen LogP contribution in [0.5, 0.6) is 11.5 Å². The molecule has 0 radical (unpaired) electrons. The number of likely N-dealkylation sites (tertiary alicyclic amines) is 1. The summed E-state index contributed by atoms with van der Waals surface area (Å²) in [5.41, 5.74) is -1.23. The van der Waals surface area contributed by atoms with E-state index in [0.29, 0.717) is 36.0 Å². The Morgan fingerprint density at radius 2 is 1.45 bits per heavy atom. The Labute approximate surface area is 244 Å². The number of nitrogens with zero attached hydrogens (tertiary/aromatic N) is 3. The van der Waals surface area contributed by atoms with Crippen molar-refractivity contribution in [2.75, 3.05) is 49.8 Å². The van der Waals surface area contributed by atoms with Crippen LogP contribution in [0.4, 0.5) is 11.4 Å². The molecule has 1 N–H and O–H groups in total. The Hall–Kier alpha value is -4.15. The van der Waals surface area contributed by atoms with Crippen LogP contribution in [0.25, 0.3) is 0 Å². The molecule has 2 saturated heterocycles. The maximum Gasteiger partial charge on any atom is 0.253 e. The first-order valence-corrected chi connectivity index (χ1v) is 14.2. The van der Waals surface area contributed by atoms with Gasteiger partial charge in [-0.05, 0) is 62.4 Å². The van der Waals surface area contributed by atoms with Crippen molar-refractivity contribution >= 4 is 29.1 Å². The van der Waals surface area contributed by atoms with Gasteiger partial charge in [0, 0.05) is 31.0 Å². The molecule has 2 aromatic rings. The highest BCUT2D eigenvalue weighted by atomic mass is 16.5. The van der Waals surface area contributed by atoms with Crippen molar-refractivity contribution < 1.29 is 33.7 Å². The van der Waals surface area contributed by atoms with Gasteiger partial charge < -0.3 is 34.0 Å². The van der Waals surface area contributed by atoms with Gasteiger partial charge in [0.1, 0.15) is 23.1 Å². The second-order valence-corrected chi connectivity index (χ2v) is 11.1. The second kappa shape index (κ2) is 10.6. The number of hydrogen-bond acceptors (Lipinski definition) is 7. The highest BCUT2D eigenvalue weighted by Crippen LogP contribution is 2.57. The van der Waals surface area contributed by atoms with Crippen molar-refractivity contribution in [2.45, 2.75) is 31.1 Å². The number of amides is 3. The minimum Gasteiger partial charge on any atom is -0.497 e. The summed E-state index contributed by atoms with van der Waals surface area (Å²) in [6.07, 6.45) is 7.35. The van der Waals surface area contributed by atoms with E-state index in [1.807, 2.05) is 56.3 Å². The number of aliphatic hydroxyl groups is 1. The molecule has 10 heteroatoms. The number of carbonyl (C=O) groups excluding carboxylic acids is 3. The molecular weight excluding hydrogens is 538 g/mol. The molecule has 1 spiro atoms. The van der Waals surface area contributed by atoms with E-state index in [1.54, 1.807) is 47.3 Å². The summed E-state index contributed by atoms with van der Waals surface area (Å²) in [5.74, 6) is -1.49. The molecule has 0 saturated carbocycles. The van der Waals surface area contributed by atoms with E-state index in [9.17, 15) is 19.5 Å². The predicted molar refractivity (Wildman–Crippen MR) is 155 cm³/mol. The minimum atomic E-state index is -1.40. The van der Waals surface area contributed by atoms with Crippen molar-refractivity contribution in [1.82, 2.24) is 4.90 Å². The van der Waals surface area contributed by atoms with E-state index in [0.717, 1.165) is 0 Å². The van der Waals surface area contributed by atoms with E-state index < -0.39 is 29.1 Å². The van der Waals surface area contributed by atoms with Gasteiger partial charge in [-0.25, -0.2) is 0 Å². The minimum absolute atomic E-state index is 0.0583. The van der Waals surface area contributed by atoms with Crippen LogP contribution in [0, 0.1) is 11.8 Å². The molecule has 5 atom stereocenters. The summed E-state index contributed by atoms with van der Waals surface area (Å²) in [6.45, 7) is 4.41. The first-order valence-electron chi connectivity index (χ1n) is 14.2. The largest absolute Gasteiger partial charge is 0.497 e. The fraction of sp³-hybridized carbons (Fsp3) is 0.406. The molecule has 0 bridgehead atoms. The van der Waals surface area contributed by atoms with Crippen molar-refractivity contribution in [3.05, 3.63) is 72.8 Å². The molecule has 10 nitrogen and oxygen atoms in total. The molecule has 1 unspecified atom stereocenters. The average Bonchev–Trinajstić information content (AvgIpc) is 3.24. The number of anilines is 2. The third-order valence-corrected chi connectivity index (χ3v) is 8.74. The molecule has 3 amide bonds. The fourth-order valence-corrected chi connectivity index (χ4v) is 6.98. The van der Waals surface area contributed by atoms with E-state index in [4.69, 9.17) is 14.2 Å². The maximum atomic E-state index is 14.4. The number of ether oxygens (including phenoxy) is 3. The number of fused-ring (bicyclic) bond motifs is 2. The molecule has 0 aromatic heterocycles. The Morgan fingerprint density at radius 1 is 0.857 bits per heavy atom. The second-order valence-electron chi connectivity index (χ2n) is 11.1. The summed E-state index contributed by atoms with van der Waals surface area (Å²) in [4.78, 5) is 47.6. The van der Waals surface area contributed by atoms with Crippen LogP contribution in [0.15, 0.2) is 72.8 Å². The molecule has 4 aliphatic heterocycles. The van der Waals surface area contributed by atoms with Crippen LogP contribution < -0.4 is 19.3 Å². The molecule has 42 heavy (non-hydrogen) atoms. The number of β-amino-alcohol motifs (C(OH)–C–C–N with tert-alkyl or cyclic N) is 1. The number of carbonyl (C=O) groups is 3. The van der Waals surface area contributed by atoms with Gasteiger partial charge in [-0.1, -0.05) is 24.3 Å². The zero-order chi connectivity index (χ0) is 29.6. The Morgan fingerprint density at radius 3 is 2.05 bits per heavy atom. The quantitative estimate of drug-likeness (QED) is 0.507. The number of rotatable bonds is 7. The van der Waals surface area contributed by atoms with Crippen LogP contribution in [0.3, 0.4) is 0 Å². The number of benzene rings is 2. The lowest BCUT2D eigenvalue weighted by atomic mass is 9.74. The Bertz CT molecular complexity index is 1440. The zero-order valence-electron chi connectivity index (χ0n) is 23.9.